The quantitative estimate of drug-likeness (QED) is 0.0144. The number of hydrogen-bond donors (Lipinski definition) is 18. The van der Waals surface area contributed by atoms with Gasteiger partial charge < -0.3 is 100 Å². The van der Waals surface area contributed by atoms with E-state index in [1.54, 1.807) is 71.9 Å². The van der Waals surface area contributed by atoms with Crippen molar-refractivity contribution in [2.45, 2.75) is 186 Å². The van der Waals surface area contributed by atoms with Crippen LogP contribution in [0.5, 0.6) is 5.75 Å². The van der Waals surface area contributed by atoms with E-state index in [1.807, 2.05) is 0 Å². The molecule has 0 bridgehead atoms. The summed E-state index contributed by atoms with van der Waals surface area (Å²) in [5.41, 5.74) is 18.7. The molecule has 1 aliphatic heterocycles. The normalized spacial score (nSPS) is 15.3. The fourth-order valence-corrected chi connectivity index (χ4v) is 10.4. The SMILES string of the molecule is CC(=O)O.CC(=O)O.CC[C@H](C)[C@H](NC(=O)[C@H](Cc1ccc(O)cc1)NC(=O)[C@@H](NC(=O)[C@H](CCCN=C(N)N)NC(=O)[C@@H](N)CC(=O)O)C(C)C)C(=O)N[C@@H](Cc1cnc[nH]1)C(=O)N1CCC[C@H]1C(=O)N[C@@H](Cc1ccccc1)C(=O)N[C@H](Cc1cnc[nH]1)C(=O)N[C@@H](CC(C)C)C(=O)O. The predicted octanol–water partition coefficient (Wildman–Crippen LogP) is -1.15. The zero-order valence-corrected chi connectivity index (χ0v) is 57.8. The van der Waals surface area contributed by atoms with Gasteiger partial charge >= 0.3 is 11.9 Å². The molecule has 1 aliphatic rings. The molecule has 3 heterocycles. The molecule has 0 spiro atoms. The van der Waals surface area contributed by atoms with E-state index in [1.165, 1.54) is 54.2 Å². The lowest BCUT2D eigenvalue weighted by Gasteiger charge is -2.32. The van der Waals surface area contributed by atoms with Gasteiger partial charge in [-0.2, -0.15) is 0 Å². The number of imidazole rings is 2. The van der Waals surface area contributed by atoms with Crippen LogP contribution in [0.3, 0.4) is 0 Å². The van der Waals surface area contributed by atoms with E-state index < -0.39 is 156 Å². The molecule has 2 aromatic heterocycles. The number of benzene rings is 2. The van der Waals surface area contributed by atoms with Crippen LogP contribution in [-0.2, 0) is 88.0 Å². The Kier molecular flexibility index (Phi) is 35.6. The third-order valence-corrected chi connectivity index (χ3v) is 15.6. The monoisotopic (exact) mass is 1420 g/mol. The standard InChI is InChI=1S/C62H89N17O14.2C2H4O2/c1-7-35(6)51(78-56(87)44(25-37-17-19-40(80)20-18-37)74-58(89)50(34(4)5)77-53(84)42(15-11-21-68-62(64)65)71-52(83)41(63)28-49(81)82)59(90)75-46(27-39-30-67-32-70-39)60(91)79-22-12-16-48(79)57(88)73-43(24-36-13-9-8-10-14-36)54(85)72-45(26-38-29-66-31-69-38)55(86)76-47(61(92)93)23-33(2)3;2*1-2(3)4/h8-10,13-14,17-20,29-35,41-48,50-51,80H,7,11-12,15-16,21-28,63H2,1-6H3,(H,66,69)(H,67,70)(H,71,83)(H,72,85)(H,73,88)(H,74,89)(H,75,90)(H,76,86)(H,77,84)(H,78,87)(H,81,82)(H,92,93)(H4,64,65,68);2*1H3,(H,3,4)/t35-,41-,42-,43-,44-,45+,46-,47-,48-,50-,51-;;/m0../s1. The van der Waals surface area contributed by atoms with Crippen LogP contribution in [0.25, 0.3) is 0 Å². The fraction of sp³-hybridized carbons (Fsp3) is 0.515. The molecule has 0 unspecified atom stereocenters. The maximum Gasteiger partial charge on any atom is 0.326 e. The Balaban J connectivity index is 0.00000314. The fourth-order valence-electron chi connectivity index (χ4n) is 10.4. The van der Waals surface area contributed by atoms with Gasteiger partial charge in [0.15, 0.2) is 5.96 Å². The molecule has 0 radical (unpaired) electrons. The number of carbonyl (C=O) groups is 13. The van der Waals surface area contributed by atoms with Crippen LogP contribution in [0.4, 0.5) is 0 Å². The molecular weight excluding hydrogens is 1320 g/mol. The number of carboxylic acid groups (broad SMARTS) is 4. The Bertz CT molecular complexity index is 3390. The second kappa shape index (κ2) is 42.7. The molecule has 11 atom stereocenters. The number of nitrogens with one attached hydrogen (secondary N) is 10. The molecule has 9 amide bonds. The first-order chi connectivity index (χ1) is 47.6. The summed E-state index contributed by atoms with van der Waals surface area (Å²) in [6.45, 7) is 12.5. The lowest BCUT2D eigenvalue weighted by Crippen LogP contribution is -2.62. The number of aliphatic imine (C=N–C) groups is 1. The van der Waals surface area contributed by atoms with E-state index in [4.69, 9.17) is 37.0 Å². The molecule has 554 valence electrons. The number of amides is 9. The van der Waals surface area contributed by atoms with Crippen LogP contribution in [0.1, 0.15) is 123 Å². The van der Waals surface area contributed by atoms with Gasteiger partial charge in [0.1, 0.15) is 60.1 Å². The maximum atomic E-state index is 15.1. The number of aromatic hydroxyl groups is 1. The van der Waals surface area contributed by atoms with E-state index >= 15 is 4.79 Å². The van der Waals surface area contributed by atoms with Crippen LogP contribution >= 0.6 is 0 Å². The number of aliphatic carboxylic acids is 4. The Labute approximate surface area is 583 Å². The van der Waals surface area contributed by atoms with E-state index in [0.29, 0.717) is 35.4 Å². The van der Waals surface area contributed by atoms with Gasteiger partial charge in [0, 0.05) is 76.4 Å². The van der Waals surface area contributed by atoms with Crippen molar-refractivity contribution in [1.82, 2.24) is 67.4 Å². The zero-order chi connectivity index (χ0) is 75.6. The van der Waals surface area contributed by atoms with Crippen molar-refractivity contribution in [3.05, 3.63) is 102 Å². The number of carboxylic acids is 4. The lowest BCUT2D eigenvalue weighted by atomic mass is 9.96. The summed E-state index contributed by atoms with van der Waals surface area (Å²) >= 11 is 0. The van der Waals surface area contributed by atoms with Crippen molar-refractivity contribution < 1.29 is 87.9 Å². The topological polar surface area (TPSA) is 570 Å². The zero-order valence-electron chi connectivity index (χ0n) is 57.8. The van der Waals surface area contributed by atoms with Gasteiger partial charge in [0.2, 0.25) is 53.2 Å². The number of nitrogens with two attached hydrogens (primary N) is 3. The van der Waals surface area contributed by atoms with Crippen molar-refractivity contribution in [3.63, 3.8) is 0 Å². The van der Waals surface area contributed by atoms with Crippen molar-refractivity contribution >= 4 is 83.0 Å². The molecule has 0 aliphatic carbocycles. The van der Waals surface area contributed by atoms with Gasteiger partial charge in [-0.3, -0.25) is 62.5 Å². The van der Waals surface area contributed by atoms with Crippen LogP contribution < -0.4 is 59.7 Å². The highest BCUT2D eigenvalue weighted by Crippen LogP contribution is 2.22. The average molecular weight is 1420 g/mol. The number of nitrogens with zero attached hydrogens (tertiary/aromatic N) is 4. The molecule has 0 saturated carbocycles. The molecule has 4 aromatic rings. The highest BCUT2D eigenvalue weighted by molar-refractivity contribution is 5.99. The van der Waals surface area contributed by atoms with Crippen molar-refractivity contribution in [1.29, 1.82) is 0 Å². The van der Waals surface area contributed by atoms with Gasteiger partial charge in [-0.25, -0.2) is 14.8 Å². The second-order valence-corrected chi connectivity index (χ2v) is 24.9. The summed E-state index contributed by atoms with van der Waals surface area (Å²) in [5, 5.41) is 65.6. The number of guanidine groups is 1. The summed E-state index contributed by atoms with van der Waals surface area (Å²) in [6, 6.07) is 0.810. The molecule has 2 aromatic carbocycles. The molecule has 1 fully saturated rings. The first kappa shape index (κ1) is 84.2. The molecule has 35 heteroatoms. The highest BCUT2D eigenvalue weighted by atomic mass is 16.4. The third kappa shape index (κ3) is 30.8. The number of phenolic OH excluding ortho intramolecular Hbond substituents is 1. The number of H-pyrrole nitrogens is 2. The number of hydrogen-bond acceptors (Lipinski definition) is 18. The smallest absolute Gasteiger partial charge is 0.326 e. The minimum atomic E-state index is -1.53. The van der Waals surface area contributed by atoms with Gasteiger partial charge in [0.25, 0.3) is 11.9 Å². The van der Waals surface area contributed by atoms with Crippen molar-refractivity contribution in [2.75, 3.05) is 13.1 Å². The first-order valence-corrected chi connectivity index (χ1v) is 32.7. The van der Waals surface area contributed by atoms with Crippen LogP contribution in [0, 0.1) is 17.8 Å². The van der Waals surface area contributed by atoms with E-state index in [9.17, 15) is 63.3 Å². The van der Waals surface area contributed by atoms with Crippen LogP contribution in [0.15, 0.2) is 84.6 Å². The van der Waals surface area contributed by atoms with Crippen molar-refractivity contribution in [2.24, 2.45) is 39.9 Å². The number of rotatable bonds is 37. The van der Waals surface area contributed by atoms with Gasteiger partial charge in [-0.1, -0.05) is 90.4 Å². The summed E-state index contributed by atoms with van der Waals surface area (Å²) in [5.74, 6) is -13.4. The molecule has 5 rings (SSSR count). The molecule has 1 saturated heterocycles. The minimum Gasteiger partial charge on any atom is -0.508 e. The largest absolute Gasteiger partial charge is 0.508 e. The number of carbonyl (C=O) groups excluding carboxylic acids is 9. The number of aromatic amines is 2. The lowest BCUT2D eigenvalue weighted by molar-refractivity contribution is -0.143. The molecular formula is C66H97N17O18. The van der Waals surface area contributed by atoms with Crippen molar-refractivity contribution in [3.8, 4) is 5.75 Å². The predicted molar refractivity (Wildman–Crippen MR) is 365 cm³/mol. The highest BCUT2D eigenvalue weighted by Gasteiger charge is 2.42. The Morgan fingerprint density at radius 1 is 0.594 bits per heavy atom. The number of aromatic nitrogens is 4. The van der Waals surface area contributed by atoms with Crippen LogP contribution in [-0.4, -0.2) is 207 Å². The molecule has 101 heavy (non-hydrogen) atoms. The summed E-state index contributed by atoms with van der Waals surface area (Å²) < 4.78 is 0. The van der Waals surface area contributed by atoms with E-state index in [-0.39, 0.29) is 82.1 Å². The Morgan fingerprint density at radius 3 is 1.56 bits per heavy atom. The summed E-state index contributed by atoms with van der Waals surface area (Å²) in [7, 11) is 0. The second-order valence-electron chi connectivity index (χ2n) is 24.9. The van der Waals surface area contributed by atoms with E-state index in [2.05, 4.69) is 67.5 Å². The van der Waals surface area contributed by atoms with Gasteiger partial charge in [0.05, 0.1) is 25.1 Å². The minimum absolute atomic E-state index is 0.0425. The number of phenols is 1. The van der Waals surface area contributed by atoms with Crippen LogP contribution in [0.2, 0.25) is 0 Å². The van der Waals surface area contributed by atoms with Gasteiger partial charge in [-0.15, -0.1) is 0 Å². The van der Waals surface area contributed by atoms with Gasteiger partial charge in [-0.05, 0) is 73.1 Å². The molecule has 35 nitrogen and oxygen atoms in total. The third-order valence-electron chi connectivity index (χ3n) is 15.6. The molecule has 21 N–H and O–H groups in total. The summed E-state index contributed by atoms with van der Waals surface area (Å²) in [6.07, 6.45) is 5.26. The Hall–Kier alpha value is -11.0. The number of likely N-dealkylation sites (tertiary alicyclic amines) is 1. The first-order valence-electron chi connectivity index (χ1n) is 32.7. The Morgan fingerprint density at radius 2 is 1.06 bits per heavy atom. The average Bonchev–Trinajstić information content (AvgIpc) is 1.79. The van der Waals surface area contributed by atoms with E-state index in [0.717, 1.165) is 13.8 Å². The summed E-state index contributed by atoms with van der Waals surface area (Å²) in [4.78, 5) is 190. The maximum absolute atomic E-state index is 15.1.